The fourth-order valence-corrected chi connectivity index (χ4v) is 3.87. The van der Waals surface area contributed by atoms with E-state index in [9.17, 15) is 14.4 Å². The zero-order valence-electron chi connectivity index (χ0n) is 12.6. The zero-order chi connectivity index (χ0) is 16.8. The summed E-state index contributed by atoms with van der Waals surface area (Å²) in [4.78, 5) is 33.6. The molecule has 0 aromatic carbocycles. The van der Waals surface area contributed by atoms with Crippen LogP contribution in [0.4, 0.5) is 0 Å². The van der Waals surface area contributed by atoms with Gasteiger partial charge < -0.3 is 0 Å². The summed E-state index contributed by atoms with van der Waals surface area (Å²) < 4.78 is 21.9. The van der Waals surface area contributed by atoms with Crippen LogP contribution < -0.4 is 0 Å². The second kappa shape index (κ2) is 12.7. The first-order valence-electron chi connectivity index (χ1n) is 6.58. The summed E-state index contributed by atoms with van der Waals surface area (Å²) in [5.74, 6) is 4.72. The maximum absolute atomic E-state index is 11.2. The topological polar surface area (TPSA) is 78.9 Å². The van der Waals surface area contributed by atoms with Crippen molar-refractivity contribution in [1.29, 1.82) is 0 Å². The molecular formula is C15H15InO6. The van der Waals surface area contributed by atoms with Crippen LogP contribution >= 0.6 is 0 Å². The van der Waals surface area contributed by atoms with Crippen LogP contribution in [0.1, 0.15) is 20.8 Å². The van der Waals surface area contributed by atoms with Gasteiger partial charge in [0.05, 0.1) is 0 Å². The van der Waals surface area contributed by atoms with E-state index in [1.54, 1.807) is 20.8 Å². The molecule has 0 unspecified atom stereocenters. The minimum absolute atomic E-state index is 0.205. The number of hydrogen-bond acceptors (Lipinski definition) is 6. The van der Waals surface area contributed by atoms with Crippen LogP contribution in [0.2, 0.25) is 0 Å². The summed E-state index contributed by atoms with van der Waals surface area (Å²) >= 11 is -3.22. The monoisotopic (exact) mass is 406 g/mol. The van der Waals surface area contributed by atoms with Crippen LogP contribution in [0.3, 0.4) is 0 Å². The number of carbonyl (C=O) groups excluding carboxylic acids is 3. The first-order chi connectivity index (χ1) is 10.5. The summed E-state index contributed by atoms with van der Waals surface area (Å²) in [6.45, 7) is 5.58. The van der Waals surface area contributed by atoms with E-state index in [0.717, 1.165) is 0 Å². The molecule has 0 N–H and O–H groups in total. The second-order valence-corrected chi connectivity index (χ2v) is 8.35. The average molecular weight is 406 g/mol. The molecular weight excluding hydrogens is 391 g/mol. The van der Waals surface area contributed by atoms with Gasteiger partial charge in [-0.15, -0.1) is 0 Å². The van der Waals surface area contributed by atoms with Gasteiger partial charge >= 0.3 is 137 Å². The van der Waals surface area contributed by atoms with E-state index in [1.807, 2.05) is 0 Å². The molecule has 0 aliphatic heterocycles. The number of rotatable bonds is 3. The number of carbonyl (C=O) groups is 3. The molecule has 0 aromatic rings. The van der Waals surface area contributed by atoms with Crippen molar-refractivity contribution < 1.29 is 28.6 Å². The molecule has 22 heavy (non-hydrogen) atoms. The van der Waals surface area contributed by atoms with Gasteiger partial charge in [-0.1, -0.05) is 0 Å². The van der Waals surface area contributed by atoms with Crippen molar-refractivity contribution in [3.63, 3.8) is 0 Å². The van der Waals surface area contributed by atoms with Crippen molar-refractivity contribution in [2.24, 2.45) is 0 Å². The third-order valence-corrected chi connectivity index (χ3v) is 5.49. The third-order valence-electron chi connectivity index (χ3n) is 1.78. The Kier molecular flexibility index (Phi) is 11.5. The summed E-state index contributed by atoms with van der Waals surface area (Å²) in [6, 6.07) is 0. The summed E-state index contributed by atoms with van der Waals surface area (Å²) in [5.41, 5.74) is 0. The fraction of sp³-hybridized carbons (Fsp3) is 0.400. The second-order valence-electron chi connectivity index (χ2n) is 3.40. The van der Waals surface area contributed by atoms with Gasteiger partial charge in [-0.3, -0.25) is 0 Å². The van der Waals surface area contributed by atoms with Gasteiger partial charge in [-0.2, -0.15) is 0 Å². The molecule has 0 spiro atoms. The van der Waals surface area contributed by atoms with E-state index in [2.05, 4.69) is 43.0 Å². The average Bonchev–Trinajstić information content (AvgIpc) is 2.47. The Balaban J connectivity index is 5.10. The van der Waals surface area contributed by atoms with Crippen molar-refractivity contribution >= 4 is 39.3 Å². The van der Waals surface area contributed by atoms with Crippen molar-refractivity contribution in [2.75, 3.05) is 19.8 Å². The molecule has 0 saturated heterocycles. The Hall–Kier alpha value is -2.04. The molecule has 0 amide bonds. The molecule has 6 nitrogen and oxygen atoms in total. The van der Waals surface area contributed by atoms with Crippen LogP contribution in [0, 0.1) is 28.8 Å². The Morgan fingerprint density at radius 3 is 1.18 bits per heavy atom. The van der Waals surface area contributed by atoms with Crippen molar-refractivity contribution in [3.05, 3.63) is 0 Å². The van der Waals surface area contributed by atoms with Gasteiger partial charge in [0.2, 0.25) is 0 Å². The summed E-state index contributed by atoms with van der Waals surface area (Å²) in [5, 5.41) is 0. The number of esters is 3. The molecule has 0 heterocycles. The van der Waals surface area contributed by atoms with E-state index in [4.69, 9.17) is 0 Å². The van der Waals surface area contributed by atoms with E-state index < -0.39 is 39.3 Å². The van der Waals surface area contributed by atoms with Crippen LogP contribution in [-0.4, -0.2) is 59.2 Å². The molecule has 0 aliphatic rings. The SMILES string of the molecule is CCOC(=O)C#[C][In]([C]#CC(=O)OCC)[C]#CC(=O)OCC. The molecule has 0 saturated carbocycles. The molecule has 0 atom stereocenters. The van der Waals surface area contributed by atoms with Crippen molar-refractivity contribution in [2.45, 2.75) is 20.8 Å². The van der Waals surface area contributed by atoms with Gasteiger partial charge in [-0.05, 0) is 0 Å². The molecule has 0 bridgehead atoms. The molecule has 114 valence electrons. The first kappa shape index (κ1) is 20.0. The van der Waals surface area contributed by atoms with E-state index in [1.165, 1.54) is 0 Å². The van der Waals surface area contributed by atoms with Crippen molar-refractivity contribution in [1.82, 2.24) is 0 Å². The van der Waals surface area contributed by atoms with E-state index in [-0.39, 0.29) is 19.8 Å². The summed E-state index contributed by atoms with van der Waals surface area (Å²) in [7, 11) is 0. The Labute approximate surface area is 137 Å². The van der Waals surface area contributed by atoms with Gasteiger partial charge in [0.1, 0.15) is 0 Å². The van der Waals surface area contributed by atoms with Crippen LogP contribution in [-0.2, 0) is 28.6 Å². The Morgan fingerprint density at radius 1 is 0.682 bits per heavy atom. The van der Waals surface area contributed by atoms with Crippen LogP contribution in [0.25, 0.3) is 0 Å². The van der Waals surface area contributed by atoms with Gasteiger partial charge in [-0.25, -0.2) is 0 Å². The van der Waals surface area contributed by atoms with E-state index in [0.29, 0.717) is 0 Å². The Bertz CT molecular complexity index is 505. The van der Waals surface area contributed by atoms with Gasteiger partial charge in [0, 0.05) is 0 Å². The molecule has 0 rings (SSSR count). The minimum atomic E-state index is -3.22. The molecule has 7 heteroatoms. The maximum atomic E-state index is 11.2. The standard InChI is InChI=1S/3C5H5O2.In/c3*1-3-5(6)7-4-2;/h3*4H2,2H3;. The predicted octanol–water partition coefficient (Wildman–Crippen LogP) is -0.202. The summed E-state index contributed by atoms with van der Waals surface area (Å²) in [6.07, 6.45) is 0. The molecule has 0 aromatic heterocycles. The quantitative estimate of drug-likeness (QED) is 0.367. The third kappa shape index (κ3) is 10.7. The van der Waals surface area contributed by atoms with Gasteiger partial charge in [0.25, 0.3) is 0 Å². The number of hydrogen-bond donors (Lipinski definition) is 0. The van der Waals surface area contributed by atoms with Crippen molar-refractivity contribution in [3.8, 4) is 28.8 Å². The van der Waals surface area contributed by atoms with Gasteiger partial charge in [0.15, 0.2) is 0 Å². The molecule has 0 aliphatic carbocycles. The fourth-order valence-electron chi connectivity index (χ4n) is 1.00. The van der Waals surface area contributed by atoms with E-state index >= 15 is 0 Å². The number of ether oxygens (including phenoxy) is 3. The predicted molar refractivity (Wildman–Crippen MR) is 79.0 cm³/mol. The first-order valence-corrected chi connectivity index (χ1v) is 11.5. The molecule has 0 fully saturated rings. The zero-order valence-corrected chi connectivity index (χ0v) is 15.9. The van der Waals surface area contributed by atoms with Crippen LogP contribution in [0.15, 0.2) is 0 Å². The normalized spacial score (nSPS) is 7.77. The molecule has 0 radical (unpaired) electrons. The Morgan fingerprint density at radius 2 is 0.955 bits per heavy atom. The van der Waals surface area contributed by atoms with Crippen LogP contribution in [0.5, 0.6) is 0 Å².